The van der Waals surface area contributed by atoms with Crippen LogP contribution in [0, 0.1) is 23.6 Å². The minimum Gasteiger partial charge on any atom is -0.507 e. The van der Waals surface area contributed by atoms with Crippen molar-refractivity contribution in [3.8, 4) is 5.75 Å². The van der Waals surface area contributed by atoms with Crippen molar-refractivity contribution in [2.24, 2.45) is 17.8 Å². The Morgan fingerprint density at radius 3 is 2.37 bits per heavy atom. The van der Waals surface area contributed by atoms with Gasteiger partial charge in [-0.05, 0) is 54.8 Å². The van der Waals surface area contributed by atoms with Gasteiger partial charge in [-0.15, -0.1) is 23.2 Å². The Morgan fingerprint density at radius 1 is 0.930 bits per heavy atom. The predicted octanol–water partition coefficient (Wildman–Crippen LogP) is 5.66. The zero-order valence-corrected chi connectivity index (χ0v) is 24.6. The third-order valence-electron chi connectivity index (χ3n) is 9.68. The molecule has 0 radical (unpaired) electrons. The van der Waals surface area contributed by atoms with Crippen molar-refractivity contribution in [1.29, 1.82) is 0 Å². The molecule has 3 aromatic rings. The van der Waals surface area contributed by atoms with Gasteiger partial charge in [0.2, 0.25) is 11.8 Å². The maximum absolute atomic E-state index is 14.4. The molecule has 3 aromatic carbocycles. The molecule has 2 aliphatic heterocycles. The smallest absolute Gasteiger partial charge is 0.258 e. The highest BCUT2D eigenvalue weighted by Gasteiger charge is 2.76. The van der Waals surface area contributed by atoms with Gasteiger partial charge in [0, 0.05) is 23.4 Å². The summed E-state index contributed by atoms with van der Waals surface area (Å²) in [6, 6.07) is 15.5. The van der Waals surface area contributed by atoms with Crippen LogP contribution in [0.1, 0.15) is 37.7 Å². The van der Waals surface area contributed by atoms with Crippen molar-refractivity contribution in [3.05, 3.63) is 83.7 Å². The van der Waals surface area contributed by atoms with Gasteiger partial charge in [-0.3, -0.25) is 24.1 Å². The van der Waals surface area contributed by atoms with E-state index in [1.54, 1.807) is 24.3 Å². The first kappa shape index (κ1) is 28.0. The molecular weight excluding hydrogens is 594 g/mol. The lowest BCUT2D eigenvalue weighted by Crippen LogP contribution is -2.60. The van der Waals surface area contributed by atoms with Gasteiger partial charge in [0.15, 0.2) is 9.75 Å². The standard InChI is InChI=1S/C33H27Cl2FN2O5/c1-2-15-37-28(40)22-14-13-21-24(25(22)29(37)41)16-32(34)30(42)38(19-10-8-18(36)9-11-19)31(43)33(32,35)26(21)23-12-7-17-5-3-4-6-20(17)27(23)39/h3-13,22,24-26,39H,2,14-16H2,1H3. The molecule has 2 saturated heterocycles. The number of hydrogen-bond donors (Lipinski definition) is 1. The van der Waals surface area contributed by atoms with Crippen LogP contribution < -0.4 is 4.90 Å². The van der Waals surface area contributed by atoms with Gasteiger partial charge in [-0.2, -0.15) is 0 Å². The number of rotatable bonds is 4. The highest BCUT2D eigenvalue weighted by molar-refractivity contribution is 6.58. The van der Waals surface area contributed by atoms with E-state index < -0.39 is 51.1 Å². The van der Waals surface area contributed by atoms with Crippen LogP contribution in [0.2, 0.25) is 0 Å². The summed E-state index contributed by atoms with van der Waals surface area (Å²) in [4.78, 5) is 53.8. The normalized spacial score (nSPS) is 31.8. The zero-order valence-electron chi connectivity index (χ0n) is 23.1. The van der Waals surface area contributed by atoms with Crippen LogP contribution in [0.5, 0.6) is 5.75 Å². The Morgan fingerprint density at radius 2 is 1.65 bits per heavy atom. The maximum atomic E-state index is 14.4. The van der Waals surface area contributed by atoms with Crippen molar-refractivity contribution < 1.29 is 28.7 Å². The number of phenols is 1. The molecule has 220 valence electrons. The van der Waals surface area contributed by atoms with Crippen molar-refractivity contribution in [2.75, 3.05) is 11.4 Å². The fourth-order valence-electron chi connectivity index (χ4n) is 7.76. The molecule has 3 fully saturated rings. The lowest BCUT2D eigenvalue weighted by Gasteiger charge is -2.50. The topological polar surface area (TPSA) is 95.0 Å². The third-order valence-corrected chi connectivity index (χ3v) is 11.1. The number of allylic oxidation sites excluding steroid dienone is 2. The van der Waals surface area contributed by atoms with Crippen molar-refractivity contribution in [3.63, 3.8) is 0 Å². The van der Waals surface area contributed by atoms with Gasteiger partial charge in [0.25, 0.3) is 11.8 Å². The Balaban J connectivity index is 1.46. The fourth-order valence-corrected chi connectivity index (χ4v) is 8.69. The van der Waals surface area contributed by atoms with Crippen molar-refractivity contribution >= 4 is 63.3 Å². The largest absolute Gasteiger partial charge is 0.507 e. The molecule has 2 heterocycles. The number of carbonyl (C=O) groups is 4. The average Bonchev–Trinajstić information content (AvgIpc) is 3.32. The third kappa shape index (κ3) is 3.59. The molecule has 0 bridgehead atoms. The first-order chi connectivity index (χ1) is 20.5. The Hall–Kier alpha value is -3.75. The first-order valence-electron chi connectivity index (χ1n) is 14.3. The number of amides is 4. The second-order valence-corrected chi connectivity index (χ2v) is 13.0. The molecular formula is C33H27Cl2FN2O5. The number of hydrogen-bond acceptors (Lipinski definition) is 5. The molecule has 2 aliphatic carbocycles. The first-order valence-corrected chi connectivity index (χ1v) is 15.1. The van der Waals surface area contributed by atoms with Gasteiger partial charge in [-0.1, -0.05) is 55.0 Å². The highest BCUT2D eigenvalue weighted by atomic mass is 35.5. The molecule has 7 rings (SSSR count). The zero-order chi connectivity index (χ0) is 30.4. The second-order valence-electron chi connectivity index (χ2n) is 11.8. The molecule has 6 unspecified atom stereocenters. The molecule has 6 atom stereocenters. The van der Waals surface area contributed by atoms with Crippen LogP contribution in [-0.2, 0) is 19.2 Å². The molecule has 0 spiro atoms. The summed E-state index contributed by atoms with van der Waals surface area (Å²) >= 11 is 14.7. The van der Waals surface area contributed by atoms with E-state index in [4.69, 9.17) is 23.2 Å². The van der Waals surface area contributed by atoms with Crippen LogP contribution >= 0.6 is 23.2 Å². The van der Waals surface area contributed by atoms with Gasteiger partial charge in [0.05, 0.1) is 17.5 Å². The van der Waals surface area contributed by atoms with Gasteiger partial charge in [0.1, 0.15) is 11.6 Å². The number of anilines is 1. The lowest BCUT2D eigenvalue weighted by molar-refractivity contribution is -0.140. The van der Waals surface area contributed by atoms with Gasteiger partial charge in [-0.25, -0.2) is 9.29 Å². The summed E-state index contributed by atoms with van der Waals surface area (Å²) in [6.45, 7) is 2.16. The monoisotopic (exact) mass is 620 g/mol. The van der Waals surface area contributed by atoms with Crippen LogP contribution in [-0.4, -0.2) is 49.9 Å². The molecule has 4 aliphatic rings. The van der Waals surface area contributed by atoms with Crippen molar-refractivity contribution in [2.45, 2.75) is 41.9 Å². The lowest BCUT2D eigenvalue weighted by atomic mass is 9.56. The number of likely N-dealkylation sites (tertiary alicyclic amines) is 1. The van der Waals surface area contributed by atoms with Crippen molar-refractivity contribution in [1.82, 2.24) is 4.90 Å². The number of fused-ring (bicyclic) bond motifs is 5. The number of phenolic OH excluding ortho intramolecular Hbond substituents is 1. The Bertz CT molecular complexity index is 1780. The quantitative estimate of drug-likeness (QED) is 0.231. The molecule has 43 heavy (non-hydrogen) atoms. The van der Waals surface area contributed by atoms with Gasteiger partial charge >= 0.3 is 0 Å². The van der Waals surface area contributed by atoms with E-state index in [0.717, 1.165) is 22.4 Å². The summed E-state index contributed by atoms with van der Waals surface area (Å²) < 4.78 is 13.8. The predicted molar refractivity (Wildman–Crippen MR) is 159 cm³/mol. The minimum absolute atomic E-state index is 0.100. The van der Waals surface area contributed by atoms with Crippen LogP contribution in [0.15, 0.2) is 72.3 Å². The average molecular weight is 621 g/mol. The highest BCUT2D eigenvalue weighted by Crippen LogP contribution is 2.66. The Kier molecular flexibility index (Phi) is 6.28. The van der Waals surface area contributed by atoms with E-state index in [1.165, 1.54) is 17.0 Å². The molecule has 7 nitrogen and oxygen atoms in total. The number of nitrogens with zero attached hydrogens (tertiary/aromatic N) is 2. The van der Waals surface area contributed by atoms with E-state index in [9.17, 15) is 28.7 Å². The van der Waals surface area contributed by atoms with E-state index in [0.29, 0.717) is 17.4 Å². The molecule has 1 saturated carbocycles. The molecule has 10 heteroatoms. The second kappa shape index (κ2) is 9.63. The molecule has 0 aromatic heterocycles. The summed E-state index contributed by atoms with van der Waals surface area (Å²) in [6.07, 6.45) is 2.51. The minimum atomic E-state index is -2.11. The summed E-state index contributed by atoms with van der Waals surface area (Å²) in [5.41, 5.74) is 0.987. The number of halogens is 3. The van der Waals surface area contributed by atoms with E-state index in [1.807, 2.05) is 25.1 Å². The van der Waals surface area contributed by atoms with E-state index in [-0.39, 0.29) is 48.2 Å². The molecule has 4 amide bonds. The van der Waals surface area contributed by atoms with E-state index in [2.05, 4.69) is 0 Å². The van der Waals surface area contributed by atoms with E-state index >= 15 is 0 Å². The number of imide groups is 2. The van der Waals surface area contributed by atoms with Gasteiger partial charge < -0.3 is 5.11 Å². The molecule has 1 N–H and O–H groups in total. The number of aromatic hydroxyl groups is 1. The van der Waals surface area contributed by atoms with Crippen LogP contribution in [0.3, 0.4) is 0 Å². The van der Waals surface area contributed by atoms with Crippen LogP contribution in [0.25, 0.3) is 10.8 Å². The summed E-state index contributed by atoms with van der Waals surface area (Å²) in [7, 11) is 0. The summed E-state index contributed by atoms with van der Waals surface area (Å²) in [5, 5.41) is 12.9. The summed E-state index contributed by atoms with van der Waals surface area (Å²) in [5.74, 6) is -6.07. The van der Waals surface area contributed by atoms with Crippen LogP contribution in [0.4, 0.5) is 10.1 Å². The number of benzene rings is 3. The SMILES string of the molecule is CCCN1C(=O)C2CC=C3C(CC4(Cl)C(=O)N(c5ccc(F)cc5)C(=O)C4(Cl)C3c3ccc4ccccc4c3O)C2C1=O. The Labute approximate surface area is 256 Å². The fraction of sp³-hybridized carbons (Fsp3) is 0.333. The number of carbonyl (C=O) groups excluding carboxylic acids is 4. The maximum Gasteiger partial charge on any atom is 0.258 e. The number of alkyl halides is 2.